The summed E-state index contributed by atoms with van der Waals surface area (Å²) in [6.45, 7) is 6.14. The zero-order valence-electron chi connectivity index (χ0n) is 9.83. The fourth-order valence-corrected chi connectivity index (χ4v) is 1.64. The molecule has 0 saturated carbocycles. The van der Waals surface area contributed by atoms with Gasteiger partial charge in [0.25, 0.3) is 0 Å². The fraction of sp³-hybridized carbons (Fsp3) is 0.500. The summed E-state index contributed by atoms with van der Waals surface area (Å²) in [6, 6.07) is 3.40. The Morgan fingerprint density at radius 1 is 1.44 bits per heavy atom. The summed E-state index contributed by atoms with van der Waals surface area (Å²) in [5.74, 6) is 0.553. The Bertz CT molecular complexity index is 349. The number of carbonyl (C=O) groups is 1. The third kappa shape index (κ3) is 4.19. The van der Waals surface area contributed by atoms with Crippen LogP contribution in [-0.4, -0.2) is 10.9 Å². The van der Waals surface area contributed by atoms with Gasteiger partial charge in [0, 0.05) is 5.92 Å². The van der Waals surface area contributed by atoms with E-state index in [1.165, 1.54) is 0 Å². The summed E-state index contributed by atoms with van der Waals surface area (Å²) >= 11 is 5.66. The molecule has 1 amide bonds. The lowest BCUT2D eigenvalue weighted by atomic mass is 9.98. The Hall–Kier alpha value is -1.09. The van der Waals surface area contributed by atoms with Gasteiger partial charge in [-0.05, 0) is 24.5 Å². The van der Waals surface area contributed by atoms with Crippen molar-refractivity contribution in [2.45, 2.75) is 27.2 Å². The van der Waals surface area contributed by atoms with Gasteiger partial charge in [-0.3, -0.25) is 4.79 Å². The second kappa shape index (κ2) is 5.85. The number of nitrogens with one attached hydrogen (secondary N) is 1. The first-order valence-corrected chi connectivity index (χ1v) is 5.79. The third-order valence-electron chi connectivity index (χ3n) is 2.27. The molecule has 0 bridgehead atoms. The second-order valence-corrected chi connectivity index (χ2v) is 4.78. The number of amides is 1. The minimum absolute atomic E-state index is 0.00989. The van der Waals surface area contributed by atoms with E-state index in [0.29, 0.717) is 16.8 Å². The molecule has 0 fully saturated rings. The molecule has 3 nitrogen and oxygen atoms in total. The summed E-state index contributed by atoms with van der Waals surface area (Å²) < 4.78 is 0. The summed E-state index contributed by atoms with van der Waals surface area (Å²) in [5, 5.41) is 3.24. The van der Waals surface area contributed by atoms with E-state index < -0.39 is 0 Å². The van der Waals surface area contributed by atoms with Crippen LogP contribution in [0.5, 0.6) is 0 Å². The number of rotatable bonds is 4. The molecule has 1 N–H and O–H groups in total. The molecular weight excluding hydrogens is 224 g/mol. The van der Waals surface area contributed by atoms with Crippen molar-refractivity contribution in [3.05, 3.63) is 23.5 Å². The molecule has 1 aromatic rings. The van der Waals surface area contributed by atoms with E-state index >= 15 is 0 Å². The van der Waals surface area contributed by atoms with Crippen molar-refractivity contribution in [2.24, 2.45) is 11.8 Å². The second-order valence-electron chi connectivity index (χ2n) is 4.39. The predicted octanol–water partition coefficient (Wildman–Crippen LogP) is 3.36. The van der Waals surface area contributed by atoms with Crippen molar-refractivity contribution in [1.29, 1.82) is 0 Å². The Kier molecular flexibility index (Phi) is 4.74. The molecule has 1 atom stereocenters. The molecule has 0 aromatic carbocycles. The molecule has 4 heteroatoms. The largest absolute Gasteiger partial charge is 0.324 e. The first kappa shape index (κ1) is 13.0. The SMILES string of the molecule is CC(C)CC(C)C(=O)Nc1ccc(Cl)nc1. The highest BCUT2D eigenvalue weighted by Crippen LogP contribution is 2.15. The van der Waals surface area contributed by atoms with Crippen LogP contribution in [0.25, 0.3) is 0 Å². The maximum Gasteiger partial charge on any atom is 0.227 e. The summed E-state index contributed by atoms with van der Waals surface area (Å²) in [6.07, 6.45) is 2.44. The number of anilines is 1. The van der Waals surface area contributed by atoms with Crippen LogP contribution in [0.4, 0.5) is 5.69 Å². The number of nitrogens with zero attached hydrogens (tertiary/aromatic N) is 1. The van der Waals surface area contributed by atoms with Crippen LogP contribution in [0, 0.1) is 11.8 Å². The molecule has 0 radical (unpaired) electrons. The van der Waals surface area contributed by atoms with Crippen molar-refractivity contribution >= 4 is 23.2 Å². The Morgan fingerprint density at radius 2 is 2.12 bits per heavy atom. The van der Waals surface area contributed by atoms with Gasteiger partial charge in [-0.2, -0.15) is 0 Å². The van der Waals surface area contributed by atoms with Gasteiger partial charge in [-0.25, -0.2) is 4.98 Å². The Morgan fingerprint density at radius 3 is 2.62 bits per heavy atom. The van der Waals surface area contributed by atoms with Crippen LogP contribution < -0.4 is 5.32 Å². The predicted molar refractivity (Wildman–Crippen MR) is 66.5 cm³/mol. The van der Waals surface area contributed by atoms with Crippen molar-refractivity contribution in [3.8, 4) is 0 Å². The quantitative estimate of drug-likeness (QED) is 0.820. The average Bonchev–Trinajstić information content (AvgIpc) is 2.20. The molecule has 16 heavy (non-hydrogen) atoms. The highest BCUT2D eigenvalue weighted by molar-refractivity contribution is 6.29. The van der Waals surface area contributed by atoms with Crippen molar-refractivity contribution in [3.63, 3.8) is 0 Å². The van der Waals surface area contributed by atoms with Crippen LogP contribution in [-0.2, 0) is 4.79 Å². The molecule has 0 aliphatic carbocycles. The lowest BCUT2D eigenvalue weighted by Gasteiger charge is -2.13. The highest BCUT2D eigenvalue weighted by Gasteiger charge is 2.14. The monoisotopic (exact) mass is 240 g/mol. The van der Waals surface area contributed by atoms with Gasteiger partial charge in [0.1, 0.15) is 5.15 Å². The number of hydrogen-bond acceptors (Lipinski definition) is 2. The topological polar surface area (TPSA) is 42.0 Å². The molecule has 0 spiro atoms. The minimum atomic E-state index is 0.00989. The zero-order valence-corrected chi connectivity index (χ0v) is 10.6. The molecule has 1 aromatic heterocycles. The normalized spacial score (nSPS) is 12.6. The average molecular weight is 241 g/mol. The van der Waals surface area contributed by atoms with Crippen LogP contribution in [0.3, 0.4) is 0 Å². The van der Waals surface area contributed by atoms with E-state index in [2.05, 4.69) is 24.1 Å². The van der Waals surface area contributed by atoms with Gasteiger partial charge in [-0.1, -0.05) is 32.4 Å². The Balaban J connectivity index is 2.54. The van der Waals surface area contributed by atoms with Crippen molar-refractivity contribution < 1.29 is 4.79 Å². The van der Waals surface area contributed by atoms with E-state index in [9.17, 15) is 4.79 Å². The number of carbonyl (C=O) groups excluding carboxylic acids is 1. The van der Waals surface area contributed by atoms with E-state index in [1.807, 2.05) is 6.92 Å². The van der Waals surface area contributed by atoms with Gasteiger partial charge in [0.05, 0.1) is 11.9 Å². The molecule has 1 unspecified atom stereocenters. The lowest BCUT2D eigenvalue weighted by molar-refractivity contribution is -0.119. The van der Waals surface area contributed by atoms with Crippen LogP contribution in [0.1, 0.15) is 27.2 Å². The van der Waals surface area contributed by atoms with Crippen LogP contribution in [0.15, 0.2) is 18.3 Å². The summed E-state index contributed by atoms with van der Waals surface area (Å²) in [4.78, 5) is 15.7. The third-order valence-corrected chi connectivity index (χ3v) is 2.49. The van der Waals surface area contributed by atoms with Gasteiger partial charge >= 0.3 is 0 Å². The molecular formula is C12H17ClN2O. The molecule has 1 rings (SSSR count). The maximum absolute atomic E-state index is 11.8. The lowest BCUT2D eigenvalue weighted by Crippen LogP contribution is -2.21. The summed E-state index contributed by atoms with van der Waals surface area (Å²) in [5.41, 5.74) is 0.685. The number of hydrogen-bond donors (Lipinski definition) is 1. The first-order valence-electron chi connectivity index (χ1n) is 5.41. The molecule has 88 valence electrons. The minimum Gasteiger partial charge on any atom is -0.324 e. The van der Waals surface area contributed by atoms with Crippen molar-refractivity contribution in [2.75, 3.05) is 5.32 Å². The van der Waals surface area contributed by atoms with E-state index in [-0.39, 0.29) is 11.8 Å². The number of aromatic nitrogens is 1. The van der Waals surface area contributed by atoms with Gasteiger partial charge in [-0.15, -0.1) is 0 Å². The zero-order chi connectivity index (χ0) is 12.1. The molecule has 1 heterocycles. The Labute approximate surface area is 101 Å². The standard InChI is InChI=1S/C12H17ClN2O/c1-8(2)6-9(3)12(16)15-10-4-5-11(13)14-7-10/h4-5,7-9H,6H2,1-3H3,(H,15,16). The van der Waals surface area contributed by atoms with Gasteiger partial charge < -0.3 is 5.32 Å². The van der Waals surface area contributed by atoms with Gasteiger partial charge in [0.2, 0.25) is 5.91 Å². The first-order chi connectivity index (χ1) is 7.49. The van der Waals surface area contributed by atoms with E-state index in [1.54, 1.807) is 18.3 Å². The smallest absolute Gasteiger partial charge is 0.227 e. The molecule has 0 aliphatic rings. The van der Waals surface area contributed by atoms with Crippen molar-refractivity contribution in [1.82, 2.24) is 4.98 Å². The van der Waals surface area contributed by atoms with Crippen LogP contribution >= 0.6 is 11.6 Å². The molecule has 0 saturated heterocycles. The summed E-state index contributed by atoms with van der Waals surface area (Å²) in [7, 11) is 0. The molecule has 0 aliphatic heterocycles. The van der Waals surface area contributed by atoms with E-state index in [0.717, 1.165) is 6.42 Å². The number of pyridine rings is 1. The van der Waals surface area contributed by atoms with E-state index in [4.69, 9.17) is 11.6 Å². The van der Waals surface area contributed by atoms with Crippen LogP contribution in [0.2, 0.25) is 5.15 Å². The fourth-order valence-electron chi connectivity index (χ4n) is 1.53. The highest BCUT2D eigenvalue weighted by atomic mass is 35.5. The maximum atomic E-state index is 11.8. The number of halogens is 1. The van der Waals surface area contributed by atoms with Gasteiger partial charge in [0.15, 0.2) is 0 Å².